The highest BCUT2D eigenvalue weighted by Gasteiger charge is 2.33. The number of hydrogen-bond acceptors (Lipinski definition) is 5. The number of ether oxygens (including phenoxy) is 1. The summed E-state index contributed by atoms with van der Waals surface area (Å²) in [5.41, 5.74) is 8.12. The SMILES string of the molecule is CCCCC[C@@H]1Cc2cc(O)ccc2N[C@@H]1C(=O)OCC.Nc1ccc(Cl)cc1. The van der Waals surface area contributed by atoms with Crippen LogP contribution in [0.15, 0.2) is 42.5 Å². The van der Waals surface area contributed by atoms with Crippen molar-refractivity contribution in [1.82, 2.24) is 0 Å². The number of aromatic hydroxyl groups is 1. The van der Waals surface area contributed by atoms with Gasteiger partial charge in [0.1, 0.15) is 11.8 Å². The Morgan fingerprint density at radius 2 is 1.93 bits per heavy atom. The lowest BCUT2D eigenvalue weighted by Gasteiger charge is -2.33. The van der Waals surface area contributed by atoms with Crippen LogP contribution in [0.25, 0.3) is 0 Å². The summed E-state index contributed by atoms with van der Waals surface area (Å²) in [6, 6.07) is 12.0. The molecule has 3 rings (SSSR count). The first-order chi connectivity index (χ1) is 13.9. The van der Waals surface area contributed by atoms with Crippen molar-refractivity contribution in [2.75, 3.05) is 17.7 Å². The average Bonchev–Trinajstić information content (AvgIpc) is 2.70. The molecule has 5 nitrogen and oxygen atoms in total. The van der Waals surface area contributed by atoms with Crippen LogP contribution in [-0.4, -0.2) is 23.7 Å². The van der Waals surface area contributed by atoms with E-state index >= 15 is 0 Å². The predicted molar refractivity (Wildman–Crippen MR) is 119 cm³/mol. The summed E-state index contributed by atoms with van der Waals surface area (Å²) >= 11 is 5.56. The Labute approximate surface area is 178 Å². The van der Waals surface area contributed by atoms with E-state index in [1.165, 1.54) is 12.8 Å². The number of carbonyl (C=O) groups excluding carboxylic acids is 1. The minimum atomic E-state index is -0.279. The highest BCUT2D eigenvalue weighted by atomic mass is 35.5. The molecule has 0 aromatic heterocycles. The molecule has 1 aliphatic heterocycles. The summed E-state index contributed by atoms with van der Waals surface area (Å²) in [7, 11) is 0. The average molecular weight is 419 g/mol. The van der Waals surface area contributed by atoms with Crippen LogP contribution in [0.5, 0.6) is 5.75 Å². The second kappa shape index (κ2) is 11.6. The van der Waals surface area contributed by atoms with Crippen molar-refractivity contribution in [1.29, 1.82) is 0 Å². The first-order valence-corrected chi connectivity index (χ1v) is 10.6. The Bertz CT molecular complexity index is 759. The highest BCUT2D eigenvalue weighted by molar-refractivity contribution is 6.30. The van der Waals surface area contributed by atoms with Crippen LogP contribution in [0, 0.1) is 5.92 Å². The second-order valence-electron chi connectivity index (χ2n) is 7.23. The molecule has 0 bridgehead atoms. The molecule has 2 aromatic rings. The molecule has 2 atom stereocenters. The van der Waals surface area contributed by atoms with Gasteiger partial charge in [-0.1, -0.05) is 37.8 Å². The summed E-state index contributed by atoms with van der Waals surface area (Å²) < 4.78 is 5.21. The number of esters is 1. The molecule has 0 unspecified atom stereocenters. The van der Waals surface area contributed by atoms with E-state index in [4.69, 9.17) is 22.1 Å². The van der Waals surface area contributed by atoms with E-state index in [0.717, 1.165) is 41.2 Å². The predicted octanol–water partition coefficient (Wildman–Crippen LogP) is 5.41. The van der Waals surface area contributed by atoms with Gasteiger partial charge in [0.15, 0.2) is 0 Å². The lowest BCUT2D eigenvalue weighted by molar-refractivity contribution is -0.145. The number of phenolic OH excluding ortho intramolecular Hbond substituents is 1. The smallest absolute Gasteiger partial charge is 0.328 e. The van der Waals surface area contributed by atoms with Crippen LogP contribution in [0.4, 0.5) is 11.4 Å². The van der Waals surface area contributed by atoms with Gasteiger partial charge in [0, 0.05) is 16.4 Å². The van der Waals surface area contributed by atoms with E-state index in [9.17, 15) is 9.90 Å². The molecule has 4 N–H and O–H groups in total. The van der Waals surface area contributed by atoms with Gasteiger partial charge in [-0.2, -0.15) is 0 Å². The number of carbonyl (C=O) groups is 1. The van der Waals surface area contributed by atoms with Crippen molar-refractivity contribution in [2.45, 2.75) is 52.0 Å². The Kier molecular flexibility index (Phi) is 9.13. The molecule has 1 aliphatic rings. The Morgan fingerprint density at radius 3 is 2.55 bits per heavy atom. The fraction of sp³-hybridized carbons (Fsp3) is 0.435. The molecular formula is C23H31ClN2O3. The number of anilines is 2. The van der Waals surface area contributed by atoms with Crippen LogP contribution < -0.4 is 11.1 Å². The molecule has 6 heteroatoms. The Balaban J connectivity index is 0.000000313. The number of nitrogen functional groups attached to an aromatic ring is 1. The zero-order chi connectivity index (χ0) is 21.2. The maximum atomic E-state index is 12.2. The zero-order valence-electron chi connectivity index (χ0n) is 17.2. The molecule has 0 spiro atoms. The molecule has 0 fully saturated rings. The largest absolute Gasteiger partial charge is 0.508 e. The number of phenols is 1. The summed E-state index contributed by atoms with van der Waals surface area (Å²) in [4.78, 5) is 12.2. The number of unbranched alkanes of at least 4 members (excludes halogenated alkanes) is 2. The molecule has 1 heterocycles. The van der Waals surface area contributed by atoms with Crippen LogP contribution in [-0.2, 0) is 16.0 Å². The van der Waals surface area contributed by atoms with Crippen molar-refractivity contribution in [2.24, 2.45) is 5.92 Å². The molecule has 2 aromatic carbocycles. The van der Waals surface area contributed by atoms with Gasteiger partial charge in [-0.05, 0) is 73.7 Å². The van der Waals surface area contributed by atoms with Gasteiger partial charge < -0.3 is 20.9 Å². The van der Waals surface area contributed by atoms with E-state index in [1.807, 2.05) is 13.0 Å². The number of fused-ring (bicyclic) bond motifs is 1. The number of hydrogen-bond donors (Lipinski definition) is 3. The third kappa shape index (κ3) is 7.17. The normalized spacial score (nSPS) is 17.3. The van der Waals surface area contributed by atoms with Gasteiger partial charge in [-0.15, -0.1) is 0 Å². The number of nitrogens with one attached hydrogen (secondary N) is 1. The highest BCUT2D eigenvalue weighted by Crippen LogP contribution is 2.34. The van der Waals surface area contributed by atoms with Crippen molar-refractivity contribution >= 4 is 28.9 Å². The van der Waals surface area contributed by atoms with Gasteiger partial charge in [-0.25, -0.2) is 4.79 Å². The standard InChI is InChI=1S/C17H25NO3.C6H6ClN/c1-3-5-6-7-12-10-13-11-14(19)8-9-15(13)18-16(12)17(20)21-4-2;7-5-1-3-6(8)4-2-5/h8-9,11-12,16,18-19H,3-7,10H2,1-2H3;1-4H,8H2/t12-,16+;/m1./s1. The molecule has 0 saturated heterocycles. The van der Waals surface area contributed by atoms with Crippen molar-refractivity contribution in [3.8, 4) is 5.75 Å². The topological polar surface area (TPSA) is 84.6 Å². The fourth-order valence-corrected chi connectivity index (χ4v) is 3.57. The van der Waals surface area contributed by atoms with Gasteiger partial charge >= 0.3 is 5.97 Å². The summed E-state index contributed by atoms with van der Waals surface area (Å²) in [5, 5.41) is 13.7. The molecule has 158 valence electrons. The fourth-order valence-electron chi connectivity index (χ4n) is 3.45. The minimum absolute atomic E-state index is 0.169. The number of rotatable bonds is 6. The third-order valence-electron chi connectivity index (χ3n) is 4.94. The third-order valence-corrected chi connectivity index (χ3v) is 5.19. The molecule has 0 saturated carbocycles. The van der Waals surface area contributed by atoms with Crippen LogP contribution in [0.2, 0.25) is 5.02 Å². The first kappa shape index (κ1) is 22.9. The maximum absolute atomic E-state index is 12.2. The van der Waals surface area contributed by atoms with Crippen LogP contribution in [0.3, 0.4) is 0 Å². The molecule has 0 radical (unpaired) electrons. The van der Waals surface area contributed by atoms with Crippen molar-refractivity contribution in [3.05, 3.63) is 53.1 Å². The molecule has 0 aliphatic carbocycles. The summed E-state index contributed by atoms with van der Waals surface area (Å²) in [6.45, 7) is 4.41. The van der Waals surface area contributed by atoms with Crippen LogP contribution >= 0.6 is 11.6 Å². The number of benzene rings is 2. The molecule has 29 heavy (non-hydrogen) atoms. The number of halogens is 1. The van der Waals surface area contributed by atoms with Crippen LogP contribution in [0.1, 0.15) is 45.1 Å². The van der Waals surface area contributed by atoms with Crippen molar-refractivity contribution in [3.63, 3.8) is 0 Å². The summed E-state index contributed by atoms with van der Waals surface area (Å²) in [5.74, 6) is 0.333. The van der Waals surface area contributed by atoms with Gasteiger partial charge in [0.25, 0.3) is 0 Å². The van der Waals surface area contributed by atoms with Gasteiger partial charge in [0.05, 0.1) is 6.61 Å². The Hall–Kier alpha value is -2.40. The van der Waals surface area contributed by atoms with Crippen molar-refractivity contribution < 1.29 is 14.6 Å². The van der Waals surface area contributed by atoms with E-state index in [1.54, 1.807) is 36.4 Å². The van der Waals surface area contributed by atoms with Gasteiger partial charge in [-0.3, -0.25) is 0 Å². The van der Waals surface area contributed by atoms with E-state index in [-0.39, 0.29) is 23.7 Å². The monoisotopic (exact) mass is 418 g/mol. The van der Waals surface area contributed by atoms with Gasteiger partial charge in [0.2, 0.25) is 0 Å². The maximum Gasteiger partial charge on any atom is 0.328 e. The first-order valence-electron chi connectivity index (χ1n) is 10.2. The molecular weight excluding hydrogens is 388 g/mol. The van der Waals surface area contributed by atoms with E-state index in [2.05, 4.69) is 12.2 Å². The minimum Gasteiger partial charge on any atom is -0.508 e. The Morgan fingerprint density at radius 1 is 1.21 bits per heavy atom. The van der Waals surface area contributed by atoms with E-state index < -0.39 is 0 Å². The zero-order valence-corrected chi connectivity index (χ0v) is 17.9. The quantitative estimate of drug-likeness (QED) is 0.253. The van der Waals surface area contributed by atoms with E-state index in [0.29, 0.717) is 6.61 Å². The lowest BCUT2D eigenvalue weighted by Crippen LogP contribution is -2.42. The second-order valence-corrected chi connectivity index (χ2v) is 7.66. The molecule has 0 amide bonds. The summed E-state index contributed by atoms with van der Waals surface area (Å²) in [6.07, 6.45) is 5.27. The lowest BCUT2D eigenvalue weighted by atomic mass is 9.83. The number of nitrogens with two attached hydrogens (primary N) is 1.